The number of rotatable bonds is 10. The number of halogens is 2. The fourth-order valence-corrected chi connectivity index (χ4v) is 2.99. The van der Waals surface area contributed by atoms with Gasteiger partial charge in [-0.15, -0.1) is 23.2 Å². The van der Waals surface area contributed by atoms with Crippen molar-refractivity contribution in [1.29, 1.82) is 0 Å². The van der Waals surface area contributed by atoms with E-state index in [1.165, 1.54) is 0 Å². The van der Waals surface area contributed by atoms with Gasteiger partial charge in [0, 0.05) is 5.57 Å². The minimum absolute atomic E-state index is 0.0368. The van der Waals surface area contributed by atoms with Crippen LogP contribution in [0.2, 0.25) is 0 Å². The van der Waals surface area contributed by atoms with Crippen molar-refractivity contribution in [1.82, 2.24) is 0 Å². The summed E-state index contributed by atoms with van der Waals surface area (Å²) in [5, 5.41) is 0. The number of hydrogen-bond acceptors (Lipinski definition) is 2. The Morgan fingerprint density at radius 1 is 1.29 bits per heavy atom. The molecule has 0 saturated heterocycles. The van der Waals surface area contributed by atoms with Gasteiger partial charge in [0.15, 0.2) is 0 Å². The van der Waals surface area contributed by atoms with E-state index in [-0.39, 0.29) is 17.2 Å². The van der Waals surface area contributed by atoms with Crippen molar-refractivity contribution in [3.8, 4) is 0 Å². The molecule has 0 aromatic carbocycles. The van der Waals surface area contributed by atoms with Gasteiger partial charge in [0.05, 0.1) is 11.8 Å². The predicted octanol–water partition coefficient (Wildman–Crippen LogP) is 5.56. The molecule has 0 saturated carbocycles. The van der Waals surface area contributed by atoms with Gasteiger partial charge in [-0.2, -0.15) is 0 Å². The Morgan fingerprint density at radius 3 is 2.14 bits per heavy atom. The molecule has 0 heterocycles. The van der Waals surface area contributed by atoms with Crippen LogP contribution in [0.5, 0.6) is 0 Å². The summed E-state index contributed by atoms with van der Waals surface area (Å²) in [6.45, 7) is 14.1. The molecule has 21 heavy (non-hydrogen) atoms. The number of ether oxygens (including phenoxy) is 1. The summed E-state index contributed by atoms with van der Waals surface area (Å²) in [5.41, 5.74) is -0.421. The van der Waals surface area contributed by atoms with E-state index in [4.69, 9.17) is 27.9 Å². The van der Waals surface area contributed by atoms with Crippen LogP contribution >= 0.6 is 23.2 Å². The van der Waals surface area contributed by atoms with E-state index >= 15 is 0 Å². The number of carbonyl (C=O) groups excluding carboxylic acids is 1. The van der Waals surface area contributed by atoms with Gasteiger partial charge < -0.3 is 4.74 Å². The van der Waals surface area contributed by atoms with Crippen molar-refractivity contribution in [3.05, 3.63) is 12.2 Å². The normalized spacial score (nSPS) is 14.9. The first-order valence-corrected chi connectivity index (χ1v) is 8.74. The molecule has 1 unspecified atom stereocenters. The first kappa shape index (κ1) is 20.8. The van der Waals surface area contributed by atoms with E-state index in [9.17, 15) is 4.79 Å². The number of carbonyl (C=O) groups is 1. The number of unbranched alkanes of at least 4 members (excludes halogenated alkanes) is 1. The van der Waals surface area contributed by atoms with Gasteiger partial charge in [-0.05, 0) is 31.1 Å². The average molecular weight is 337 g/mol. The molecule has 4 heteroatoms. The van der Waals surface area contributed by atoms with Crippen molar-refractivity contribution in [2.75, 3.05) is 11.8 Å². The largest absolute Gasteiger partial charge is 0.453 e. The maximum Gasteiger partial charge on any atom is 0.333 e. The molecule has 0 aromatic heterocycles. The first-order chi connectivity index (χ1) is 9.66. The lowest BCUT2D eigenvalue weighted by molar-refractivity contribution is -0.154. The molecule has 0 aliphatic rings. The van der Waals surface area contributed by atoms with E-state index in [1.54, 1.807) is 6.92 Å². The van der Waals surface area contributed by atoms with Crippen molar-refractivity contribution in [2.24, 2.45) is 11.3 Å². The van der Waals surface area contributed by atoms with Crippen LogP contribution in [0.4, 0.5) is 0 Å². The van der Waals surface area contributed by atoms with Crippen molar-refractivity contribution >= 4 is 29.2 Å². The summed E-state index contributed by atoms with van der Waals surface area (Å²) in [5.74, 6) is 0.435. The predicted molar refractivity (Wildman–Crippen MR) is 92.2 cm³/mol. The SMILES string of the molecule is C=C(C)C(=O)OC(CCl)(CCl)CC(C)(CCCC)C(C)C. The van der Waals surface area contributed by atoms with Gasteiger partial charge in [0.2, 0.25) is 0 Å². The summed E-state index contributed by atoms with van der Waals surface area (Å²) >= 11 is 12.3. The highest BCUT2D eigenvalue weighted by molar-refractivity contribution is 6.22. The molecule has 124 valence electrons. The van der Waals surface area contributed by atoms with E-state index in [2.05, 4.69) is 34.3 Å². The molecule has 0 amide bonds. The third kappa shape index (κ3) is 6.20. The van der Waals surface area contributed by atoms with Gasteiger partial charge in [0.1, 0.15) is 5.60 Å². The highest BCUT2D eigenvalue weighted by atomic mass is 35.5. The Labute approximate surface area is 140 Å². The Kier molecular flexibility index (Phi) is 8.96. The van der Waals surface area contributed by atoms with Gasteiger partial charge in [-0.3, -0.25) is 0 Å². The zero-order chi connectivity index (χ0) is 16.7. The van der Waals surface area contributed by atoms with Crippen LogP contribution in [0.1, 0.15) is 60.3 Å². The summed E-state index contributed by atoms with van der Waals surface area (Å²) in [7, 11) is 0. The molecule has 0 aliphatic carbocycles. The molecule has 0 spiro atoms. The maximum atomic E-state index is 11.9. The lowest BCUT2D eigenvalue weighted by Gasteiger charge is -2.42. The molecule has 0 rings (SSSR count). The average Bonchev–Trinajstić information content (AvgIpc) is 2.43. The van der Waals surface area contributed by atoms with Crippen molar-refractivity contribution < 1.29 is 9.53 Å². The zero-order valence-corrected chi connectivity index (χ0v) is 15.6. The molecule has 0 radical (unpaired) electrons. The highest BCUT2D eigenvalue weighted by Crippen LogP contribution is 2.42. The van der Waals surface area contributed by atoms with E-state index in [1.807, 2.05) is 0 Å². The topological polar surface area (TPSA) is 26.3 Å². The van der Waals surface area contributed by atoms with Crippen LogP contribution in [0.25, 0.3) is 0 Å². The van der Waals surface area contributed by atoms with Crippen molar-refractivity contribution in [3.63, 3.8) is 0 Å². The Morgan fingerprint density at radius 2 is 1.81 bits per heavy atom. The molecule has 0 N–H and O–H groups in total. The van der Waals surface area contributed by atoms with Crippen LogP contribution < -0.4 is 0 Å². The van der Waals surface area contributed by atoms with Crippen LogP contribution in [0.15, 0.2) is 12.2 Å². The summed E-state index contributed by atoms with van der Waals surface area (Å²) in [6, 6.07) is 0. The minimum Gasteiger partial charge on any atom is -0.453 e. The highest BCUT2D eigenvalue weighted by Gasteiger charge is 2.42. The molecule has 0 fully saturated rings. The Hall–Kier alpha value is -0.210. The van der Waals surface area contributed by atoms with Crippen LogP contribution in [0, 0.1) is 11.3 Å². The number of alkyl halides is 2. The van der Waals surface area contributed by atoms with E-state index in [0.717, 1.165) is 19.3 Å². The zero-order valence-electron chi connectivity index (χ0n) is 14.1. The van der Waals surface area contributed by atoms with Gasteiger partial charge in [-0.1, -0.05) is 47.1 Å². The summed E-state index contributed by atoms with van der Waals surface area (Å²) in [4.78, 5) is 11.9. The molecule has 0 aromatic rings. The maximum absolute atomic E-state index is 11.9. The number of hydrogen-bond donors (Lipinski definition) is 0. The van der Waals surface area contributed by atoms with E-state index in [0.29, 0.717) is 17.9 Å². The molecule has 0 aliphatic heterocycles. The number of esters is 1. The lowest BCUT2D eigenvalue weighted by atomic mass is 9.69. The third-order valence-electron chi connectivity index (χ3n) is 4.37. The molecule has 1 atom stereocenters. The molecular weight excluding hydrogens is 307 g/mol. The van der Waals surface area contributed by atoms with Crippen molar-refractivity contribution in [2.45, 2.75) is 65.9 Å². The fourth-order valence-electron chi connectivity index (χ4n) is 2.40. The fraction of sp³-hybridized carbons (Fsp3) is 0.824. The van der Waals surface area contributed by atoms with E-state index < -0.39 is 11.6 Å². The lowest BCUT2D eigenvalue weighted by Crippen LogP contribution is -2.45. The second-order valence-electron chi connectivity index (χ2n) is 6.71. The second-order valence-corrected chi connectivity index (χ2v) is 7.24. The quantitative estimate of drug-likeness (QED) is 0.296. The third-order valence-corrected chi connectivity index (χ3v) is 5.34. The van der Waals surface area contributed by atoms with Crippen LogP contribution in [-0.4, -0.2) is 23.3 Å². The molecule has 2 nitrogen and oxygen atoms in total. The van der Waals surface area contributed by atoms with Crippen LogP contribution in [0.3, 0.4) is 0 Å². The Balaban J connectivity index is 5.25. The Bertz CT molecular complexity index is 349. The molecular formula is C17H30Cl2O2. The van der Waals surface area contributed by atoms with Gasteiger partial charge in [-0.25, -0.2) is 4.79 Å². The first-order valence-electron chi connectivity index (χ1n) is 7.67. The smallest absolute Gasteiger partial charge is 0.333 e. The monoisotopic (exact) mass is 336 g/mol. The second kappa shape index (κ2) is 9.05. The van der Waals surface area contributed by atoms with Gasteiger partial charge >= 0.3 is 5.97 Å². The summed E-state index contributed by atoms with van der Waals surface area (Å²) in [6.07, 6.45) is 4.03. The standard InChI is InChI=1S/C17H30Cl2O2/c1-7-8-9-16(6,14(4)5)10-17(11-18,12-19)21-15(20)13(2)3/h14H,2,7-12H2,1,3-6H3. The molecule has 0 bridgehead atoms. The van der Waals surface area contributed by atoms with Crippen LogP contribution in [-0.2, 0) is 9.53 Å². The van der Waals surface area contributed by atoms with Gasteiger partial charge in [0.25, 0.3) is 0 Å². The summed E-state index contributed by atoms with van der Waals surface area (Å²) < 4.78 is 5.62. The minimum atomic E-state index is -0.827.